The van der Waals surface area contributed by atoms with Gasteiger partial charge in [-0.1, -0.05) is 19.1 Å². The molecule has 1 aromatic carbocycles. The van der Waals surface area contributed by atoms with Gasteiger partial charge in [-0.05, 0) is 61.4 Å². The summed E-state index contributed by atoms with van der Waals surface area (Å²) in [5.74, 6) is -0.107. The van der Waals surface area contributed by atoms with Crippen LogP contribution in [0.25, 0.3) is 0 Å². The zero-order valence-corrected chi connectivity index (χ0v) is 18.9. The highest BCUT2D eigenvalue weighted by atomic mass is 19.1. The number of halogens is 1. The van der Waals surface area contributed by atoms with Crippen LogP contribution < -0.4 is 10.6 Å². The number of likely N-dealkylation sites (tertiary alicyclic amines) is 1. The maximum atomic E-state index is 14.5. The van der Waals surface area contributed by atoms with Crippen LogP contribution in [-0.2, 0) is 17.8 Å². The van der Waals surface area contributed by atoms with Crippen molar-refractivity contribution in [2.45, 2.75) is 57.2 Å². The Labute approximate surface area is 194 Å². The maximum Gasteiger partial charge on any atom is 0.246 e. The number of anilines is 3. The second kappa shape index (κ2) is 9.47. The smallest absolute Gasteiger partial charge is 0.246 e. The first kappa shape index (κ1) is 21.8. The SMILES string of the molecule is C=CC(=O)N1CCCC(Nc2nc(Nc3ccc4c(c3)CN(C3CCC3)CC4)ncc2F)C1. The topological polar surface area (TPSA) is 73.4 Å². The first-order valence-electron chi connectivity index (χ1n) is 11.9. The second-order valence-corrected chi connectivity index (χ2v) is 9.28. The van der Waals surface area contributed by atoms with E-state index in [-0.39, 0.29) is 17.8 Å². The molecule has 0 radical (unpaired) electrons. The molecule has 1 saturated heterocycles. The number of rotatable bonds is 6. The summed E-state index contributed by atoms with van der Waals surface area (Å²) in [5.41, 5.74) is 3.64. The highest BCUT2D eigenvalue weighted by Gasteiger charge is 2.28. The highest BCUT2D eigenvalue weighted by molar-refractivity contribution is 5.87. The average molecular weight is 451 g/mol. The van der Waals surface area contributed by atoms with Gasteiger partial charge in [0.1, 0.15) is 0 Å². The van der Waals surface area contributed by atoms with Crippen LogP contribution >= 0.6 is 0 Å². The molecule has 2 aromatic rings. The highest BCUT2D eigenvalue weighted by Crippen LogP contribution is 2.31. The number of hydrogen-bond donors (Lipinski definition) is 2. The van der Waals surface area contributed by atoms with Crippen LogP contribution in [0.3, 0.4) is 0 Å². The Hall–Kier alpha value is -3.00. The fraction of sp³-hybridized carbons (Fsp3) is 0.480. The van der Waals surface area contributed by atoms with E-state index < -0.39 is 5.82 Å². The van der Waals surface area contributed by atoms with Crippen molar-refractivity contribution in [1.82, 2.24) is 19.8 Å². The maximum absolute atomic E-state index is 14.5. The minimum absolute atomic E-state index is 0.0684. The van der Waals surface area contributed by atoms with Gasteiger partial charge in [-0.25, -0.2) is 9.37 Å². The van der Waals surface area contributed by atoms with E-state index in [1.807, 2.05) is 6.07 Å². The molecule has 8 heteroatoms. The molecule has 33 heavy (non-hydrogen) atoms. The Bertz CT molecular complexity index is 1040. The minimum Gasteiger partial charge on any atom is -0.363 e. The fourth-order valence-corrected chi connectivity index (χ4v) is 5.00. The van der Waals surface area contributed by atoms with Crippen molar-refractivity contribution >= 4 is 23.4 Å². The number of fused-ring (bicyclic) bond motifs is 1. The number of nitrogens with zero attached hydrogens (tertiary/aromatic N) is 4. The first-order chi connectivity index (χ1) is 16.1. The predicted molar refractivity (Wildman–Crippen MR) is 127 cm³/mol. The molecule has 1 unspecified atom stereocenters. The molecule has 2 fully saturated rings. The van der Waals surface area contributed by atoms with E-state index in [9.17, 15) is 9.18 Å². The normalized spacial score (nSPS) is 21.1. The van der Waals surface area contributed by atoms with E-state index >= 15 is 0 Å². The van der Waals surface area contributed by atoms with Gasteiger partial charge in [-0.2, -0.15) is 4.98 Å². The Balaban J connectivity index is 1.27. The summed E-state index contributed by atoms with van der Waals surface area (Å²) in [6, 6.07) is 7.05. The van der Waals surface area contributed by atoms with E-state index in [1.165, 1.54) is 42.7 Å². The van der Waals surface area contributed by atoms with Crippen LogP contribution in [0.5, 0.6) is 0 Å². The van der Waals surface area contributed by atoms with Crippen LogP contribution in [0, 0.1) is 5.82 Å². The number of carbonyl (C=O) groups excluding carboxylic acids is 1. The number of amides is 1. The van der Waals surface area contributed by atoms with Crippen LogP contribution in [0.1, 0.15) is 43.2 Å². The lowest BCUT2D eigenvalue weighted by molar-refractivity contribution is -0.127. The second-order valence-electron chi connectivity index (χ2n) is 9.28. The Morgan fingerprint density at radius 3 is 2.85 bits per heavy atom. The third-order valence-corrected chi connectivity index (χ3v) is 7.09. The molecule has 1 amide bonds. The molecule has 2 aliphatic heterocycles. The number of benzene rings is 1. The fourth-order valence-electron chi connectivity index (χ4n) is 5.00. The van der Waals surface area contributed by atoms with Gasteiger partial charge in [0.05, 0.1) is 6.20 Å². The summed E-state index contributed by atoms with van der Waals surface area (Å²) in [5, 5.41) is 6.41. The molecule has 1 atom stereocenters. The first-order valence-corrected chi connectivity index (χ1v) is 11.9. The molecule has 2 N–H and O–H groups in total. The van der Waals surface area contributed by atoms with Crippen LogP contribution in [0.2, 0.25) is 0 Å². The molecule has 3 heterocycles. The van der Waals surface area contributed by atoms with Crippen LogP contribution in [0.4, 0.5) is 21.8 Å². The van der Waals surface area contributed by atoms with Crippen LogP contribution in [0.15, 0.2) is 37.1 Å². The van der Waals surface area contributed by atoms with E-state index in [4.69, 9.17) is 0 Å². The molecule has 3 aliphatic rings. The van der Waals surface area contributed by atoms with Crippen molar-refractivity contribution in [3.8, 4) is 0 Å². The Morgan fingerprint density at radius 2 is 2.06 bits per heavy atom. The number of piperidine rings is 1. The molecule has 174 valence electrons. The molecule has 7 nitrogen and oxygen atoms in total. The van der Waals surface area contributed by atoms with E-state index in [0.29, 0.717) is 19.0 Å². The van der Waals surface area contributed by atoms with Gasteiger partial charge in [-0.3, -0.25) is 9.69 Å². The average Bonchev–Trinajstić information content (AvgIpc) is 2.79. The zero-order valence-electron chi connectivity index (χ0n) is 18.9. The molecular weight excluding hydrogens is 419 g/mol. The van der Waals surface area contributed by atoms with E-state index in [2.05, 4.69) is 44.2 Å². The van der Waals surface area contributed by atoms with Gasteiger partial charge in [0.25, 0.3) is 0 Å². The van der Waals surface area contributed by atoms with Crippen LogP contribution in [-0.4, -0.2) is 57.4 Å². The molecule has 1 aromatic heterocycles. The molecule has 0 bridgehead atoms. The van der Waals surface area contributed by atoms with Gasteiger partial charge >= 0.3 is 0 Å². The summed E-state index contributed by atoms with van der Waals surface area (Å²) in [7, 11) is 0. The van der Waals surface area contributed by atoms with E-state index in [0.717, 1.165) is 44.1 Å². The molecule has 1 aliphatic carbocycles. The lowest BCUT2D eigenvalue weighted by atomic mass is 9.88. The summed E-state index contributed by atoms with van der Waals surface area (Å²) in [4.78, 5) is 24.8. The van der Waals surface area contributed by atoms with Gasteiger partial charge in [0.15, 0.2) is 11.6 Å². The third kappa shape index (κ3) is 4.85. The number of carbonyl (C=O) groups is 1. The summed E-state index contributed by atoms with van der Waals surface area (Å²) < 4.78 is 14.5. The molecular formula is C25H31FN6O. The van der Waals surface area contributed by atoms with Crippen molar-refractivity contribution in [1.29, 1.82) is 0 Å². The molecule has 1 saturated carbocycles. The van der Waals surface area contributed by atoms with Gasteiger partial charge < -0.3 is 15.5 Å². The van der Waals surface area contributed by atoms with Gasteiger partial charge in [0, 0.05) is 44.0 Å². The number of hydrogen-bond acceptors (Lipinski definition) is 6. The zero-order chi connectivity index (χ0) is 22.8. The largest absolute Gasteiger partial charge is 0.363 e. The predicted octanol–water partition coefficient (Wildman–Crippen LogP) is 3.86. The molecule has 0 spiro atoms. The minimum atomic E-state index is -0.505. The third-order valence-electron chi connectivity index (χ3n) is 7.09. The summed E-state index contributed by atoms with van der Waals surface area (Å²) in [6.07, 6.45) is 9.25. The standard InChI is InChI=1S/C25H31FN6O/c1-2-23(33)32-11-4-5-20(16-32)28-24-22(26)14-27-25(30-24)29-19-9-8-17-10-12-31(15-18(17)13-19)21-6-3-7-21/h2,8-9,13-14,20-21H,1,3-7,10-12,15-16H2,(H2,27,28,29,30). The number of nitrogens with one attached hydrogen (secondary N) is 2. The van der Waals surface area contributed by atoms with Crippen molar-refractivity contribution in [3.63, 3.8) is 0 Å². The Kier molecular flexibility index (Phi) is 6.26. The van der Waals surface area contributed by atoms with Crippen molar-refractivity contribution < 1.29 is 9.18 Å². The lowest BCUT2D eigenvalue weighted by Gasteiger charge is -2.40. The van der Waals surface area contributed by atoms with Gasteiger partial charge in [0.2, 0.25) is 11.9 Å². The van der Waals surface area contributed by atoms with Gasteiger partial charge in [-0.15, -0.1) is 0 Å². The summed E-state index contributed by atoms with van der Waals surface area (Å²) in [6.45, 7) is 6.86. The summed E-state index contributed by atoms with van der Waals surface area (Å²) >= 11 is 0. The number of aromatic nitrogens is 2. The van der Waals surface area contributed by atoms with E-state index in [1.54, 1.807) is 4.90 Å². The monoisotopic (exact) mass is 450 g/mol. The van der Waals surface area contributed by atoms with Crippen molar-refractivity contribution in [2.24, 2.45) is 0 Å². The van der Waals surface area contributed by atoms with Crippen molar-refractivity contribution in [2.75, 3.05) is 30.3 Å². The quantitative estimate of drug-likeness (QED) is 0.651. The Morgan fingerprint density at radius 1 is 1.18 bits per heavy atom. The molecule has 5 rings (SSSR count). The lowest BCUT2D eigenvalue weighted by Crippen LogP contribution is -2.44. The van der Waals surface area contributed by atoms with Crippen molar-refractivity contribution in [3.05, 3.63) is 54.0 Å².